The summed E-state index contributed by atoms with van der Waals surface area (Å²) in [6.45, 7) is 10.9. The van der Waals surface area contributed by atoms with Crippen molar-refractivity contribution in [3.05, 3.63) is 72.1 Å². The van der Waals surface area contributed by atoms with Gasteiger partial charge in [0, 0.05) is 31.4 Å². The topological polar surface area (TPSA) is 25.2 Å². The van der Waals surface area contributed by atoms with Gasteiger partial charge < -0.3 is 9.47 Å². The van der Waals surface area contributed by atoms with Gasteiger partial charge in [-0.2, -0.15) is 13.2 Å². The molecule has 0 fully saturated rings. The van der Waals surface area contributed by atoms with Gasteiger partial charge in [-0.25, -0.2) is 0 Å². The van der Waals surface area contributed by atoms with E-state index in [1.807, 2.05) is 43.7 Å². The van der Waals surface area contributed by atoms with Gasteiger partial charge in [0.15, 0.2) is 0 Å². The van der Waals surface area contributed by atoms with Crippen molar-refractivity contribution in [2.75, 3.05) is 6.54 Å². The maximum Gasteiger partial charge on any atom is 0.416 e. The van der Waals surface area contributed by atoms with Crippen LogP contribution in [0.25, 0.3) is 0 Å². The minimum absolute atomic E-state index is 0.0271. The third-order valence-corrected chi connectivity index (χ3v) is 4.27. The van der Waals surface area contributed by atoms with Crippen molar-refractivity contribution in [3.63, 3.8) is 0 Å². The van der Waals surface area contributed by atoms with Crippen LogP contribution >= 0.6 is 0 Å². The molecule has 0 spiro atoms. The number of hydrogen-bond donors (Lipinski definition) is 0. The van der Waals surface area contributed by atoms with E-state index in [9.17, 15) is 18.0 Å². The third-order valence-electron chi connectivity index (χ3n) is 4.27. The van der Waals surface area contributed by atoms with Crippen LogP contribution in [0, 0.1) is 5.41 Å². The molecule has 0 aliphatic rings. The van der Waals surface area contributed by atoms with Crippen molar-refractivity contribution in [1.29, 1.82) is 0 Å². The van der Waals surface area contributed by atoms with Crippen LogP contribution in [0.2, 0.25) is 0 Å². The number of aromatic nitrogens is 1. The Morgan fingerprint density at radius 2 is 1.89 bits per heavy atom. The quantitative estimate of drug-likeness (QED) is 0.571. The SMILES string of the molecule is C=CCN(Cc1cccn1Cc1cccc(C(F)(F)F)c1)C(=O)CC(C)(C)C. The molecule has 28 heavy (non-hydrogen) atoms. The lowest BCUT2D eigenvalue weighted by atomic mass is 9.91. The van der Waals surface area contributed by atoms with E-state index in [-0.39, 0.29) is 11.3 Å². The second kappa shape index (κ2) is 8.67. The number of amides is 1. The molecule has 2 rings (SSSR count). The van der Waals surface area contributed by atoms with E-state index < -0.39 is 11.7 Å². The monoisotopic (exact) mass is 392 g/mol. The Balaban J connectivity index is 2.18. The lowest BCUT2D eigenvalue weighted by Crippen LogP contribution is -2.34. The van der Waals surface area contributed by atoms with Crippen LogP contribution in [0.1, 0.15) is 44.0 Å². The van der Waals surface area contributed by atoms with Crippen LogP contribution in [0.5, 0.6) is 0 Å². The molecule has 1 amide bonds. The smallest absolute Gasteiger partial charge is 0.345 e. The Hall–Kier alpha value is -2.50. The lowest BCUT2D eigenvalue weighted by molar-refractivity contribution is -0.137. The van der Waals surface area contributed by atoms with Crippen molar-refractivity contribution in [3.8, 4) is 0 Å². The molecule has 3 nitrogen and oxygen atoms in total. The number of alkyl halides is 3. The van der Waals surface area contributed by atoms with Crippen molar-refractivity contribution in [1.82, 2.24) is 9.47 Å². The molecule has 1 heterocycles. The molecule has 0 aliphatic heterocycles. The fourth-order valence-corrected chi connectivity index (χ4v) is 2.96. The summed E-state index contributed by atoms with van der Waals surface area (Å²) in [6, 6.07) is 9.04. The first kappa shape index (κ1) is 21.8. The Labute approximate surface area is 164 Å². The first-order valence-corrected chi connectivity index (χ1v) is 9.18. The number of carbonyl (C=O) groups is 1. The van der Waals surface area contributed by atoms with Crippen molar-refractivity contribution in [2.24, 2.45) is 5.41 Å². The van der Waals surface area contributed by atoms with Gasteiger partial charge in [-0.05, 0) is 35.2 Å². The molecule has 0 atom stereocenters. The van der Waals surface area contributed by atoms with Crippen LogP contribution in [0.4, 0.5) is 13.2 Å². The molecule has 6 heteroatoms. The maximum absolute atomic E-state index is 12.9. The first-order valence-electron chi connectivity index (χ1n) is 9.18. The zero-order valence-corrected chi connectivity index (χ0v) is 16.6. The van der Waals surface area contributed by atoms with Crippen LogP contribution < -0.4 is 0 Å². The minimum Gasteiger partial charge on any atom is -0.345 e. The zero-order valence-electron chi connectivity index (χ0n) is 16.6. The van der Waals surface area contributed by atoms with E-state index >= 15 is 0 Å². The Kier molecular flexibility index (Phi) is 6.75. The number of hydrogen-bond acceptors (Lipinski definition) is 1. The zero-order chi connectivity index (χ0) is 20.9. The maximum atomic E-state index is 12.9. The van der Waals surface area contributed by atoms with Crippen molar-refractivity contribution < 1.29 is 18.0 Å². The molecule has 0 unspecified atom stereocenters. The van der Waals surface area contributed by atoms with Gasteiger partial charge in [0.25, 0.3) is 0 Å². The van der Waals surface area contributed by atoms with E-state index in [4.69, 9.17) is 0 Å². The van der Waals surface area contributed by atoms with Gasteiger partial charge in [-0.15, -0.1) is 6.58 Å². The second-order valence-electron chi connectivity index (χ2n) is 8.13. The van der Waals surface area contributed by atoms with Crippen LogP contribution in [-0.4, -0.2) is 21.9 Å². The standard InChI is InChI=1S/C22H27F3N2O/c1-5-11-27(20(28)14-21(2,3)4)16-19-10-7-12-26(19)15-17-8-6-9-18(13-17)22(23,24)25/h5-10,12-13H,1,11,14-16H2,2-4H3. The number of benzene rings is 1. The molecule has 0 N–H and O–H groups in total. The average Bonchev–Trinajstić information content (AvgIpc) is 2.99. The second-order valence-corrected chi connectivity index (χ2v) is 8.13. The summed E-state index contributed by atoms with van der Waals surface area (Å²) >= 11 is 0. The van der Waals surface area contributed by atoms with Crippen LogP contribution in [0.15, 0.2) is 55.3 Å². The summed E-state index contributed by atoms with van der Waals surface area (Å²) in [6.07, 6.45) is -0.457. The highest BCUT2D eigenvalue weighted by molar-refractivity contribution is 5.77. The highest BCUT2D eigenvalue weighted by Crippen LogP contribution is 2.29. The van der Waals surface area contributed by atoms with E-state index in [2.05, 4.69) is 6.58 Å². The molecule has 1 aromatic carbocycles. The summed E-state index contributed by atoms with van der Waals surface area (Å²) in [5, 5.41) is 0. The first-order chi connectivity index (χ1) is 13.0. The van der Waals surface area contributed by atoms with Crippen LogP contribution in [-0.2, 0) is 24.1 Å². The third kappa shape index (κ3) is 6.29. The predicted molar refractivity (Wildman–Crippen MR) is 105 cm³/mol. The number of halogens is 3. The van der Waals surface area contributed by atoms with Gasteiger partial charge in [-0.3, -0.25) is 4.79 Å². The summed E-state index contributed by atoms with van der Waals surface area (Å²) in [7, 11) is 0. The minimum atomic E-state index is -4.37. The summed E-state index contributed by atoms with van der Waals surface area (Å²) in [4.78, 5) is 14.4. The molecule has 0 radical (unpaired) electrons. The lowest BCUT2D eigenvalue weighted by Gasteiger charge is -2.26. The van der Waals surface area contributed by atoms with Gasteiger partial charge in [-0.1, -0.05) is 39.0 Å². The van der Waals surface area contributed by atoms with Gasteiger partial charge >= 0.3 is 6.18 Å². The molecular formula is C22H27F3N2O. The molecule has 2 aromatic rings. The Morgan fingerprint density at radius 3 is 2.50 bits per heavy atom. The molecule has 152 valence electrons. The van der Waals surface area contributed by atoms with E-state index in [0.717, 1.165) is 17.8 Å². The molecular weight excluding hydrogens is 365 g/mol. The van der Waals surface area contributed by atoms with Gasteiger partial charge in [0.1, 0.15) is 0 Å². The number of nitrogens with zero attached hydrogens (tertiary/aromatic N) is 2. The molecule has 0 aliphatic carbocycles. The fraction of sp³-hybridized carbons (Fsp3) is 0.409. The highest BCUT2D eigenvalue weighted by atomic mass is 19.4. The Morgan fingerprint density at radius 1 is 1.18 bits per heavy atom. The number of carbonyl (C=O) groups excluding carboxylic acids is 1. The molecule has 0 saturated carbocycles. The van der Waals surface area contributed by atoms with Gasteiger partial charge in [0.05, 0.1) is 12.1 Å². The van der Waals surface area contributed by atoms with E-state index in [1.54, 1.807) is 17.0 Å². The largest absolute Gasteiger partial charge is 0.416 e. The van der Waals surface area contributed by atoms with Crippen molar-refractivity contribution in [2.45, 2.75) is 46.5 Å². The molecule has 0 bridgehead atoms. The van der Waals surface area contributed by atoms with E-state index in [1.165, 1.54) is 6.07 Å². The fourth-order valence-electron chi connectivity index (χ4n) is 2.96. The molecule has 0 saturated heterocycles. The number of rotatable bonds is 7. The highest BCUT2D eigenvalue weighted by Gasteiger charge is 2.30. The van der Waals surface area contributed by atoms with Crippen molar-refractivity contribution >= 4 is 5.91 Å². The summed E-state index contributed by atoms with van der Waals surface area (Å²) < 4.78 is 40.7. The summed E-state index contributed by atoms with van der Waals surface area (Å²) in [5.74, 6) is 0.0271. The molecule has 1 aromatic heterocycles. The average molecular weight is 392 g/mol. The van der Waals surface area contributed by atoms with E-state index in [0.29, 0.717) is 31.6 Å². The Bertz CT molecular complexity index is 816. The van der Waals surface area contributed by atoms with Gasteiger partial charge in [0.2, 0.25) is 5.91 Å². The van der Waals surface area contributed by atoms with Crippen LogP contribution in [0.3, 0.4) is 0 Å². The summed E-state index contributed by atoms with van der Waals surface area (Å²) in [5.41, 5.74) is 0.633. The predicted octanol–water partition coefficient (Wildman–Crippen LogP) is 5.51. The normalized spacial score (nSPS) is 12.1.